The van der Waals surface area contributed by atoms with Crippen LogP contribution in [0.15, 0.2) is 82.3 Å². The molecule has 3 aromatic carbocycles. The van der Waals surface area contributed by atoms with Crippen LogP contribution in [0.1, 0.15) is 35.2 Å². The van der Waals surface area contributed by atoms with Crippen LogP contribution in [0.3, 0.4) is 0 Å². The molecule has 1 amide bonds. The Hall–Kier alpha value is -6.17. The molecule has 0 atom stereocenters. The molecular weight excluding hydrogens is 620 g/mol. The van der Waals surface area contributed by atoms with Crippen molar-refractivity contribution in [2.24, 2.45) is 0 Å². The highest BCUT2D eigenvalue weighted by molar-refractivity contribution is 6.08. The zero-order chi connectivity index (χ0) is 34.1. The first-order chi connectivity index (χ1) is 23.7. The Morgan fingerprint density at radius 3 is 2.57 bits per heavy atom. The van der Waals surface area contributed by atoms with Crippen molar-refractivity contribution in [2.75, 3.05) is 24.7 Å². The van der Waals surface area contributed by atoms with E-state index in [2.05, 4.69) is 30.2 Å². The maximum absolute atomic E-state index is 13.0. The van der Waals surface area contributed by atoms with Crippen molar-refractivity contribution in [1.29, 1.82) is 0 Å². The number of nitrogens with zero attached hydrogens (tertiary/aromatic N) is 4. The minimum atomic E-state index is -0.373. The molecule has 7 rings (SSSR count). The van der Waals surface area contributed by atoms with Gasteiger partial charge in [-0.05, 0) is 72.4 Å². The van der Waals surface area contributed by atoms with Crippen LogP contribution in [-0.2, 0) is 24.4 Å². The molecule has 0 aliphatic rings. The molecule has 0 bridgehead atoms. The van der Waals surface area contributed by atoms with Crippen molar-refractivity contribution in [2.45, 2.75) is 39.3 Å². The van der Waals surface area contributed by atoms with E-state index >= 15 is 0 Å². The number of aryl methyl sites for hydroxylation is 2. The zero-order valence-corrected chi connectivity index (χ0v) is 27.5. The van der Waals surface area contributed by atoms with Gasteiger partial charge in [0.05, 0.1) is 11.9 Å². The number of amides is 1. The Bertz CT molecular complexity index is 2360. The number of fused-ring (bicyclic) bond motifs is 4. The number of nitrogens with one attached hydrogen (secondary N) is 3. The van der Waals surface area contributed by atoms with E-state index in [1.807, 2.05) is 92.6 Å². The van der Waals surface area contributed by atoms with Crippen molar-refractivity contribution in [3.05, 3.63) is 106 Å². The molecule has 0 aliphatic carbocycles. The first-order valence-corrected chi connectivity index (χ1v) is 16.0. The summed E-state index contributed by atoms with van der Waals surface area (Å²) in [7, 11) is 3.96. The number of nitrogens with two attached hydrogens (primary N) is 1. The van der Waals surface area contributed by atoms with Crippen LogP contribution in [0.5, 0.6) is 5.88 Å². The average Bonchev–Trinajstić information content (AvgIpc) is 3.70. The van der Waals surface area contributed by atoms with Gasteiger partial charge < -0.3 is 35.1 Å². The number of hydrogen-bond acceptors (Lipinski definition) is 9. The summed E-state index contributed by atoms with van der Waals surface area (Å²) in [6.07, 6.45) is 3.26. The molecule has 4 aromatic heterocycles. The molecule has 248 valence electrons. The standard InChI is InChI=1S/C37H36N8O4/c1-21-26(32-28-17-27(24-11-13-25(14-12-24)45(2)3)36(47)49-30(28)16-15-29(32)42-21)5-4-6-31(46)39-18-22-7-9-23(10-8-22)19-48-35-33-34(41-20-40-33)43-37(38)44-35/h7-17,20,42H,4-6,18-19H2,1-3H3,(H,39,46)(H3,38,40,41,43,44). The summed E-state index contributed by atoms with van der Waals surface area (Å²) in [6, 6.07) is 21.4. The topological polar surface area (TPSA) is 168 Å². The highest BCUT2D eigenvalue weighted by atomic mass is 16.5. The van der Waals surface area contributed by atoms with Gasteiger partial charge in [-0.1, -0.05) is 36.4 Å². The van der Waals surface area contributed by atoms with E-state index in [4.69, 9.17) is 14.9 Å². The van der Waals surface area contributed by atoms with Crippen molar-refractivity contribution in [3.63, 3.8) is 0 Å². The molecular formula is C37H36N8O4. The molecule has 0 saturated heterocycles. The lowest BCUT2D eigenvalue weighted by Gasteiger charge is -2.12. The number of anilines is 2. The monoisotopic (exact) mass is 656 g/mol. The minimum absolute atomic E-state index is 0.0193. The molecule has 0 fully saturated rings. The van der Waals surface area contributed by atoms with E-state index in [1.165, 1.54) is 6.33 Å². The molecule has 0 spiro atoms. The lowest BCUT2D eigenvalue weighted by atomic mass is 9.99. The molecule has 12 heteroatoms. The van der Waals surface area contributed by atoms with Gasteiger partial charge in [-0.3, -0.25) is 4.79 Å². The van der Waals surface area contributed by atoms with Gasteiger partial charge in [-0.15, -0.1) is 0 Å². The maximum Gasteiger partial charge on any atom is 0.344 e. The highest BCUT2D eigenvalue weighted by Gasteiger charge is 2.17. The Morgan fingerprint density at radius 2 is 1.80 bits per heavy atom. The van der Waals surface area contributed by atoms with Crippen molar-refractivity contribution in [3.8, 4) is 17.0 Å². The second kappa shape index (κ2) is 13.1. The molecule has 0 saturated carbocycles. The van der Waals surface area contributed by atoms with Crippen LogP contribution in [-0.4, -0.2) is 44.9 Å². The predicted molar refractivity (Wildman–Crippen MR) is 190 cm³/mol. The number of carbonyl (C=O) groups excluding carboxylic acids is 1. The van der Waals surface area contributed by atoms with Crippen LogP contribution in [0.2, 0.25) is 0 Å². The highest BCUT2D eigenvalue weighted by Crippen LogP contribution is 2.33. The Kier molecular flexibility index (Phi) is 8.43. The lowest BCUT2D eigenvalue weighted by molar-refractivity contribution is -0.121. The first kappa shape index (κ1) is 31.4. The third-order valence-electron chi connectivity index (χ3n) is 8.68. The summed E-state index contributed by atoms with van der Waals surface area (Å²) < 4.78 is 11.7. The third-order valence-corrected chi connectivity index (χ3v) is 8.68. The summed E-state index contributed by atoms with van der Waals surface area (Å²) in [5, 5.41) is 4.92. The van der Waals surface area contributed by atoms with E-state index in [9.17, 15) is 9.59 Å². The van der Waals surface area contributed by atoms with Crippen molar-refractivity contribution >= 4 is 50.6 Å². The van der Waals surface area contributed by atoms with Crippen molar-refractivity contribution < 1.29 is 13.9 Å². The molecule has 4 heterocycles. The normalized spacial score (nSPS) is 11.4. The minimum Gasteiger partial charge on any atom is -0.471 e. The Morgan fingerprint density at radius 1 is 1.02 bits per heavy atom. The van der Waals surface area contributed by atoms with Crippen LogP contribution in [0.25, 0.3) is 44.2 Å². The SMILES string of the molecule is Cc1[nH]c2ccc3oc(=O)c(-c4ccc(N(C)C)cc4)cc3c2c1CCCC(=O)NCc1ccc(COc2nc(N)nc3nc[nH]c23)cc1. The summed E-state index contributed by atoms with van der Waals surface area (Å²) >= 11 is 0. The molecule has 12 nitrogen and oxygen atoms in total. The quantitative estimate of drug-likeness (QED) is 0.126. The van der Waals surface area contributed by atoms with E-state index < -0.39 is 0 Å². The fourth-order valence-corrected chi connectivity index (χ4v) is 6.08. The van der Waals surface area contributed by atoms with Gasteiger partial charge in [0.2, 0.25) is 17.7 Å². The Balaban J connectivity index is 0.979. The van der Waals surface area contributed by atoms with Gasteiger partial charge >= 0.3 is 5.63 Å². The number of aromatic nitrogens is 5. The zero-order valence-electron chi connectivity index (χ0n) is 27.5. The maximum atomic E-state index is 13.0. The molecule has 0 aliphatic heterocycles. The van der Waals surface area contributed by atoms with Crippen LogP contribution in [0, 0.1) is 6.92 Å². The number of benzene rings is 3. The fourth-order valence-electron chi connectivity index (χ4n) is 6.08. The fraction of sp³-hybridized carbons (Fsp3) is 0.216. The van der Waals surface area contributed by atoms with Crippen molar-refractivity contribution in [1.82, 2.24) is 30.2 Å². The van der Waals surface area contributed by atoms with E-state index in [-0.39, 0.29) is 24.1 Å². The number of imidazole rings is 1. The molecule has 0 radical (unpaired) electrons. The van der Waals surface area contributed by atoms with Gasteiger partial charge in [-0.2, -0.15) is 9.97 Å². The second-order valence-electron chi connectivity index (χ2n) is 12.2. The van der Waals surface area contributed by atoms with E-state index in [0.717, 1.165) is 49.9 Å². The van der Waals surface area contributed by atoms with Gasteiger partial charge in [-0.25, -0.2) is 9.78 Å². The number of aromatic amines is 2. The molecule has 5 N–H and O–H groups in total. The van der Waals surface area contributed by atoms with E-state index in [1.54, 1.807) is 0 Å². The number of carbonyl (C=O) groups is 1. The molecule has 0 unspecified atom stereocenters. The number of rotatable bonds is 11. The van der Waals surface area contributed by atoms with Crippen LogP contribution in [0.4, 0.5) is 11.6 Å². The third kappa shape index (κ3) is 6.53. The number of H-pyrrole nitrogens is 2. The van der Waals surface area contributed by atoms with Gasteiger partial charge in [0.25, 0.3) is 0 Å². The van der Waals surface area contributed by atoms with Gasteiger partial charge in [0.15, 0.2) is 5.65 Å². The van der Waals surface area contributed by atoms with Crippen LogP contribution >= 0.6 is 0 Å². The summed E-state index contributed by atoms with van der Waals surface area (Å²) in [5.41, 5.74) is 14.4. The number of ether oxygens (including phenoxy) is 1. The lowest BCUT2D eigenvalue weighted by Crippen LogP contribution is -2.22. The Labute approximate surface area is 281 Å². The second-order valence-corrected chi connectivity index (χ2v) is 12.2. The summed E-state index contributed by atoms with van der Waals surface area (Å²) in [4.78, 5) is 46.6. The molecule has 7 aromatic rings. The van der Waals surface area contributed by atoms with E-state index in [0.29, 0.717) is 54.0 Å². The van der Waals surface area contributed by atoms with Gasteiger partial charge in [0.1, 0.15) is 17.7 Å². The predicted octanol–water partition coefficient (Wildman–Crippen LogP) is 5.78. The number of nitrogen functional groups attached to an aromatic ring is 1. The average molecular weight is 657 g/mol. The van der Waals surface area contributed by atoms with Gasteiger partial charge in [0, 0.05) is 54.7 Å². The summed E-state index contributed by atoms with van der Waals surface area (Å²) in [5.74, 6) is 0.417. The molecule has 49 heavy (non-hydrogen) atoms. The number of hydrogen-bond donors (Lipinski definition) is 4. The smallest absolute Gasteiger partial charge is 0.344 e. The largest absolute Gasteiger partial charge is 0.471 e. The van der Waals surface area contributed by atoms with Crippen LogP contribution < -0.4 is 26.3 Å². The summed E-state index contributed by atoms with van der Waals surface area (Å²) in [6.45, 7) is 2.75. The first-order valence-electron chi connectivity index (χ1n) is 16.0.